The first kappa shape index (κ1) is 13.3. The third-order valence-corrected chi connectivity index (χ3v) is 4.06. The van der Waals surface area contributed by atoms with Crippen molar-refractivity contribution in [1.82, 2.24) is 10.2 Å². The Labute approximate surface area is 118 Å². The lowest BCUT2D eigenvalue weighted by molar-refractivity contribution is -0.115. The molecule has 4 nitrogen and oxygen atoms in total. The lowest BCUT2D eigenvalue weighted by Crippen LogP contribution is -2.22. The van der Waals surface area contributed by atoms with Gasteiger partial charge in [0, 0.05) is 9.92 Å². The molecule has 94 valence electrons. The molecule has 1 aromatic heterocycles. The minimum atomic E-state index is -0.213. The number of hydrogen-bond donors (Lipinski definition) is 1. The van der Waals surface area contributed by atoms with Crippen LogP contribution in [0, 0.1) is 0 Å². The van der Waals surface area contributed by atoms with Crippen LogP contribution in [0.1, 0.15) is 6.92 Å². The van der Waals surface area contributed by atoms with Crippen LogP contribution in [0.15, 0.2) is 34.7 Å². The van der Waals surface area contributed by atoms with Gasteiger partial charge in [0.15, 0.2) is 0 Å². The van der Waals surface area contributed by atoms with Crippen molar-refractivity contribution in [2.45, 2.75) is 17.1 Å². The lowest BCUT2D eigenvalue weighted by atomic mass is 10.4. The van der Waals surface area contributed by atoms with Gasteiger partial charge in [0.2, 0.25) is 11.0 Å². The monoisotopic (exact) mass is 299 g/mol. The zero-order chi connectivity index (χ0) is 13.0. The predicted molar refractivity (Wildman–Crippen MR) is 75.3 cm³/mol. The second kappa shape index (κ2) is 6.17. The number of aromatic nitrogens is 2. The maximum Gasteiger partial charge on any atom is 0.239 e. The summed E-state index contributed by atoms with van der Waals surface area (Å²) in [6.07, 6.45) is 0. The highest BCUT2D eigenvalue weighted by molar-refractivity contribution is 8.00. The van der Waals surface area contributed by atoms with Crippen LogP contribution in [0.3, 0.4) is 0 Å². The Hall–Kier alpha value is -1.11. The van der Waals surface area contributed by atoms with E-state index in [9.17, 15) is 4.79 Å². The minimum absolute atomic E-state index is 0.0910. The molecule has 0 saturated heterocycles. The molecule has 1 aromatic carbocycles. The summed E-state index contributed by atoms with van der Waals surface area (Å²) in [6, 6.07) is 7.39. The summed E-state index contributed by atoms with van der Waals surface area (Å²) in [5, 5.41) is 11.1. The fourth-order valence-corrected chi connectivity index (χ4v) is 2.65. The van der Waals surface area contributed by atoms with E-state index in [0.29, 0.717) is 10.2 Å². The number of amides is 1. The van der Waals surface area contributed by atoms with Gasteiger partial charge in [-0.25, -0.2) is 0 Å². The van der Waals surface area contributed by atoms with E-state index in [-0.39, 0.29) is 11.2 Å². The van der Waals surface area contributed by atoms with Crippen LogP contribution < -0.4 is 5.32 Å². The standard InChI is InChI=1S/C11H10ClN3OS2/c1-7(10(16)14-11-15-13-6-17-11)18-9-4-2-8(12)3-5-9/h2-7H,1H3,(H,14,15,16). The topological polar surface area (TPSA) is 54.9 Å². The fraction of sp³-hybridized carbons (Fsp3) is 0.182. The maximum atomic E-state index is 11.9. The van der Waals surface area contributed by atoms with Crippen LogP contribution in [-0.4, -0.2) is 21.4 Å². The van der Waals surface area contributed by atoms with Gasteiger partial charge in [-0.3, -0.25) is 10.1 Å². The number of benzene rings is 1. The molecule has 1 amide bonds. The molecule has 0 aliphatic carbocycles. The molecular weight excluding hydrogens is 290 g/mol. The van der Waals surface area contributed by atoms with Gasteiger partial charge >= 0.3 is 0 Å². The molecule has 0 bridgehead atoms. The average molecular weight is 300 g/mol. The van der Waals surface area contributed by atoms with Gasteiger partial charge in [-0.15, -0.1) is 22.0 Å². The molecule has 2 rings (SSSR count). The quantitative estimate of drug-likeness (QED) is 0.880. The number of rotatable bonds is 4. The first-order valence-electron chi connectivity index (χ1n) is 5.14. The normalized spacial score (nSPS) is 12.1. The predicted octanol–water partition coefficient (Wildman–Crippen LogP) is 3.31. The van der Waals surface area contributed by atoms with Crippen LogP contribution in [0.4, 0.5) is 5.13 Å². The van der Waals surface area contributed by atoms with Crippen molar-refractivity contribution in [2.24, 2.45) is 0 Å². The first-order valence-corrected chi connectivity index (χ1v) is 7.28. The molecular formula is C11H10ClN3OS2. The van der Waals surface area contributed by atoms with Crippen LogP contribution in [0.2, 0.25) is 5.02 Å². The number of anilines is 1. The average Bonchev–Trinajstić information content (AvgIpc) is 2.85. The van der Waals surface area contributed by atoms with Crippen molar-refractivity contribution in [2.75, 3.05) is 5.32 Å². The summed E-state index contributed by atoms with van der Waals surface area (Å²) in [4.78, 5) is 12.9. The zero-order valence-corrected chi connectivity index (χ0v) is 11.9. The highest BCUT2D eigenvalue weighted by Gasteiger charge is 2.15. The maximum absolute atomic E-state index is 11.9. The molecule has 0 radical (unpaired) electrons. The Kier molecular flexibility index (Phi) is 4.57. The van der Waals surface area contributed by atoms with Crippen molar-refractivity contribution in [1.29, 1.82) is 0 Å². The Bertz CT molecular complexity index is 516. The van der Waals surface area contributed by atoms with Crippen molar-refractivity contribution < 1.29 is 4.79 Å². The number of carbonyl (C=O) groups excluding carboxylic acids is 1. The molecule has 0 spiro atoms. The number of halogens is 1. The number of nitrogens with zero attached hydrogens (tertiary/aromatic N) is 2. The lowest BCUT2D eigenvalue weighted by Gasteiger charge is -2.10. The van der Waals surface area contributed by atoms with Gasteiger partial charge < -0.3 is 0 Å². The molecule has 7 heteroatoms. The zero-order valence-electron chi connectivity index (χ0n) is 9.46. The van der Waals surface area contributed by atoms with Crippen molar-refractivity contribution >= 4 is 45.7 Å². The minimum Gasteiger partial charge on any atom is -0.300 e. The molecule has 18 heavy (non-hydrogen) atoms. The Balaban J connectivity index is 1.93. The van der Waals surface area contributed by atoms with E-state index in [1.165, 1.54) is 23.1 Å². The molecule has 1 heterocycles. The highest BCUT2D eigenvalue weighted by atomic mass is 35.5. The summed E-state index contributed by atoms with van der Waals surface area (Å²) in [7, 11) is 0. The molecule has 1 unspecified atom stereocenters. The Morgan fingerprint density at radius 2 is 2.17 bits per heavy atom. The molecule has 1 N–H and O–H groups in total. The molecule has 0 fully saturated rings. The number of thioether (sulfide) groups is 1. The van der Waals surface area contributed by atoms with Gasteiger partial charge in [-0.2, -0.15) is 0 Å². The first-order chi connectivity index (χ1) is 8.65. The molecule has 0 aliphatic rings. The molecule has 1 atom stereocenters. The fourth-order valence-electron chi connectivity index (χ4n) is 1.21. The summed E-state index contributed by atoms with van der Waals surface area (Å²) >= 11 is 8.57. The van der Waals surface area contributed by atoms with E-state index in [1.54, 1.807) is 17.6 Å². The third kappa shape index (κ3) is 3.69. The van der Waals surface area contributed by atoms with Gasteiger partial charge in [0.05, 0.1) is 5.25 Å². The van der Waals surface area contributed by atoms with E-state index < -0.39 is 0 Å². The smallest absolute Gasteiger partial charge is 0.239 e. The second-order valence-corrected chi connectivity index (χ2v) is 6.13. The summed E-state index contributed by atoms with van der Waals surface area (Å²) in [5.41, 5.74) is 1.58. The van der Waals surface area contributed by atoms with Crippen LogP contribution in [0.25, 0.3) is 0 Å². The van der Waals surface area contributed by atoms with Crippen LogP contribution in [-0.2, 0) is 4.79 Å². The van der Waals surface area contributed by atoms with E-state index >= 15 is 0 Å². The largest absolute Gasteiger partial charge is 0.300 e. The van der Waals surface area contributed by atoms with Crippen LogP contribution in [0.5, 0.6) is 0 Å². The third-order valence-electron chi connectivity index (χ3n) is 2.09. The van der Waals surface area contributed by atoms with E-state index in [0.717, 1.165) is 4.90 Å². The summed E-state index contributed by atoms with van der Waals surface area (Å²) in [5.74, 6) is -0.0910. The van der Waals surface area contributed by atoms with Gasteiger partial charge in [0.1, 0.15) is 5.51 Å². The second-order valence-electron chi connectivity index (χ2n) is 3.45. The van der Waals surface area contributed by atoms with Gasteiger partial charge in [-0.1, -0.05) is 22.9 Å². The summed E-state index contributed by atoms with van der Waals surface area (Å²) < 4.78 is 0. The number of carbonyl (C=O) groups is 1. The van der Waals surface area contributed by atoms with Crippen molar-refractivity contribution in [3.05, 3.63) is 34.8 Å². The van der Waals surface area contributed by atoms with E-state index in [4.69, 9.17) is 11.6 Å². The Morgan fingerprint density at radius 1 is 1.44 bits per heavy atom. The SMILES string of the molecule is CC(Sc1ccc(Cl)cc1)C(=O)Nc1nncs1. The van der Waals surface area contributed by atoms with Gasteiger partial charge in [-0.05, 0) is 31.2 Å². The Morgan fingerprint density at radius 3 is 2.78 bits per heavy atom. The highest BCUT2D eigenvalue weighted by Crippen LogP contribution is 2.25. The van der Waals surface area contributed by atoms with Crippen molar-refractivity contribution in [3.8, 4) is 0 Å². The molecule has 0 saturated carbocycles. The van der Waals surface area contributed by atoms with Crippen molar-refractivity contribution in [3.63, 3.8) is 0 Å². The molecule has 0 aliphatic heterocycles. The van der Waals surface area contributed by atoms with Crippen LogP contribution >= 0.6 is 34.7 Å². The van der Waals surface area contributed by atoms with E-state index in [2.05, 4.69) is 15.5 Å². The molecule has 2 aromatic rings. The van der Waals surface area contributed by atoms with E-state index in [1.807, 2.05) is 19.1 Å². The number of nitrogens with one attached hydrogen (secondary N) is 1. The number of hydrogen-bond acceptors (Lipinski definition) is 5. The van der Waals surface area contributed by atoms with Gasteiger partial charge in [0.25, 0.3) is 0 Å². The summed E-state index contributed by atoms with van der Waals surface area (Å²) in [6.45, 7) is 1.84.